The van der Waals surface area contributed by atoms with Crippen molar-refractivity contribution >= 4 is 11.0 Å². The van der Waals surface area contributed by atoms with Crippen LogP contribution in [-0.2, 0) is 0 Å². The molecule has 0 amide bonds. The van der Waals surface area contributed by atoms with E-state index in [0.29, 0.717) is 5.56 Å². The molecule has 0 saturated heterocycles. The summed E-state index contributed by atoms with van der Waals surface area (Å²) in [7, 11) is 2.56. The van der Waals surface area contributed by atoms with Crippen LogP contribution in [0.3, 0.4) is 0 Å². The number of phenolic OH excluding ortho intramolecular Hbond substituents is 3. The number of phenols is 3. The van der Waals surface area contributed by atoms with Crippen LogP contribution in [0.15, 0.2) is 39.5 Å². The molecule has 0 aliphatic rings. The van der Waals surface area contributed by atoms with Crippen molar-refractivity contribution in [1.29, 1.82) is 0 Å². The fraction of sp³-hybridized carbons (Fsp3) is 0.118. The molecule has 3 aromatic rings. The lowest BCUT2D eigenvalue weighted by atomic mass is 10.1. The quantitative estimate of drug-likeness (QED) is 0.677. The molecular weight excluding hydrogens is 316 g/mol. The molecule has 0 bridgehead atoms. The third-order valence-electron chi connectivity index (χ3n) is 3.59. The van der Waals surface area contributed by atoms with Crippen LogP contribution in [0, 0.1) is 0 Å². The third-order valence-corrected chi connectivity index (χ3v) is 3.59. The van der Waals surface area contributed by atoms with E-state index in [4.69, 9.17) is 13.9 Å². The van der Waals surface area contributed by atoms with Crippen molar-refractivity contribution in [3.63, 3.8) is 0 Å². The Bertz CT molecular complexity index is 971. The van der Waals surface area contributed by atoms with Gasteiger partial charge in [0.1, 0.15) is 16.7 Å². The molecule has 0 aliphatic carbocycles. The monoisotopic (exact) mass is 330 g/mol. The zero-order chi connectivity index (χ0) is 17.4. The summed E-state index contributed by atoms with van der Waals surface area (Å²) in [4.78, 5) is 12.7. The normalized spacial score (nSPS) is 10.8. The van der Waals surface area contributed by atoms with Gasteiger partial charge in [0.05, 0.1) is 14.2 Å². The van der Waals surface area contributed by atoms with E-state index in [0.717, 1.165) is 0 Å². The summed E-state index contributed by atoms with van der Waals surface area (Å²) in [6.07, 6.45) is 0. The van der Waals surface area contributed by atoms with Crippen LogP contribution >= 0.6 is 0 Å². The largest absolute Gasteiger partial charge is 0.508 e. The van der Waals surface area contributed by atoms with Gasteiger partial charge in [-0.25, -0.2) is 0 Å². The Balaban J connectivity index is 2.41. The molecule has 2 aromatic carbocycles. The van der Waals surface area contributed by atoms with Crippen LogP contribution < -0.4 is 14.9 Å². The summed E-state index contributed by atoms with van der Waals surface area (Å²) in [6.45, 7) is 0. The molecule has 0 saturated carbocycles. The first-order valence-electron chi connectivity index (χ1n) is 6.91. The Morgan fingerprint density at radius 2 is 1.58 bits per heavy atom. The van der Waals surface area contributed by atoms with E-state index in [1.165, 1.54) is 32.4 Å². The first-order valence-corrected chi connectivity index (χ1v) is 6.91. The molecule has 3 rings (SSSR count). The number of methoxy groups -OCH3 is 2. The lowest BCUT2D eigenvalue weighted by molar-refractivity contribution is 0.345. The Hall–Kier alpha value is -3.35. The van der Waals surface area contributed by atoms with E-state index in [9.17, 15) is 20.1 Å². The van der Waals surface area contributed by atoms with Crippen molar-refractivity contribution in [2.75, 3.05) is 14.2 Å². The molecular formula is C17H14O7. The van der Waals surface area contributed by atoms with Gasteiger partial charge in [-0.05, 0) is 24.3 Å². The average molecular weight is 330 g/mol. The minimum absolute atomic E-state index is 0.0281. The number of fused-ring (bicyclic) bond motifs is 1. The zero-order valence-corrected chi connectivity index (χ0v) is 12.9. The summed E-state index contributed by atoms with van der Waals surface area (Å²) in [5, 5.41) is 29.3. The van der Waals surface area contributed by atoms with Crippen molar-refractivity contribution in [2.24, 2.45) is 0 Å². The van der Waals surface area contributed by atoms with E-state index < -0.39 is 11.2 Å². The summed E-state index contributed by atoms with van der Waals surface area (Å²) >= 11 is 0. The number of ether oxygens (including phenoxy) is 2. The lowest BCUT2D eigenvalue weighted by Crippen LogP contribution is -2.08. The predicted molar refractivity (Wildman–Crippen MR) is 86.0 cm³/mol. The minimum Gasteiger partial charge on any atom is -0.508 e. The molecule has 0 unspecified atom stereocenters. The van der Waals surface area contributed by atoms with Gasteiger partial charge in [-0.1, -0.05) is 0 Å². The number of rotatable bonds is 3. The fourth-order valence-corrected chi connectivity index (χ4v) is 2.48. The van der Waals surface area contributed by atoms with Crippen molar-refractivity contribution in [2.45, 2.75) is 0 Å². The van der Waals surface area contributed by atoms with E-state index in [2.05, 4.69) is 0 Å². The summed E-state index contributed by atoms with van der Waals surface area (Å²) in [6, 6.07) is 7.14. The number of hydrogen-bond donors (Lipinski definition) is 3. The first kappa shape index (κ1) is 15.5. The topological polar surface area (TPSA) is 109 Å². The molecule has 0 spiro atoms. The van der Waals surface area contributed by atoms with Crippen molar-refractivity contribution in [3.05, 3.63) is 40.6 Å². The second-order valence-corrected chi connectivity index (χ2v) is 4.99. The van der Waals surface area contributed by atoms with Gasteiger partial charge in [0.25, 0.3) is 0 Å². The summed E-state index contributed by atoms with van der Waals surface area (Å²) in [5.74, 6) is -1.07. The number of hydrogen-bond acceptors (Lipinski definition) is 7. The predicted octanol–water partition coefficient (Wildman–Crippen LogP) is 2.59. The molecule has 0 atom stereocenters. The smallest absolute Gasteiger partial charge is 0.239 e. The molecule has 1 aromatic heterocycles. The van der Waals surface area contributed by atoms with Gasteiger partial charge in [-0.15, -0.1) is 0 Å². The van der Waals surface area contributed by atoms with Crippen LogP contribution in [0.2, 0.25) is 0 Å². The Kier molecular flexibility index (Phi) is 3.69. The molecule has 0 aliphatic heterocycles. The third kappa shape index (κ3) is 2.26. The van der Waals surface area contributed by atoms with Gasteiger partial charge in [0.15, 0.2) is 17.3 Å². The molecule has 3 N–H and O–H groups in total. The van der Waals surface area contributed by atoms with Crippen molar-refractivity contribution in [3.8, 4) is 40.1 Å². The highest BCUT2D eigenvalue weighted by Gasteiger charge is 2.23. The first-order chi connectivity index (χ1) is 11.5. The van der Waals surface area contributed by atoms with Gasteiger partial charge in [0.2, 0.25) is 16.9 Å². The maximum atomic E-state index is 12.7. The van der Waals surface area contributed by atoms with Gasteiger partial charge in [0, 0.05) is 11.6 Å². The van der Waals surface area contributed by atoms with Gasteiger partial charge >= 0.3 is 0 Å². The maximum Gasteiger partial charge on any atom is 0.239 e. The Morgan fingerprint density at radius 3 is 2.17 bits per heavy atom. The zero-order valence-electron chi connectivity index (χ0n) is 12.9. The second kappa shape index (κ2) is 5.69. The molecule has 0 fully saturated rings. The standard InChI is InChI=1S/C17H14O7/c1-22-16-10(19)7-11-12(13(16)20)14(21)17(23-2)15(24-11)8-3-5-9(18)6-4-8/h3-7,18-20H,1-2H3. The van der Waals surface area contributed by atoms with Crippen LogP contribution in [-0.4, -0.2) is 29.5 Å². The van der Waals surface area contributed by atoms with Crippen LogP contribution in [0.4, 0.5) is 0 Å². The van der Waals surface area contributed by atoms with Crippen LogP contribution in [0.25, 0.3) is 22.3 Å². The van der Waals surface area contributed by atoms with Gasteiger partial charge < -0.3 is 29.2 Å². The van der Waals surface area contributed by atoms with E-state index >= 15 is 0 Å². The van der Waals surface area contributed by atoms with Crippen LogP contribution in [0.1, 0.15) is 0 Å². The molecule has 1 heterocycles. The molecule has 0 radical (unpaired) electrons. The summed E-state index contributed by atoms with van der Waals surface area (Å²) < 4.78 is 15.7. The van der Waals surface area contributed by atoms with Crippen molar-refractivity contribution in [1.82, 2.24) is 0 Å². The fourth-order valence-electron chi connectivity index (χ4n) is 2.48. The Morgan fingerprint density at radius 1 is 0.958 bits per heavy atom. The highest BCUT2D eigenvalue weighted by atomic mass is 16.5. The molecule has 124 valence electrons. The van der Waals surface area contributed by atoms with Gasteiger partial charge in [-0.3, -0.25) is 4.79 Å². The highest BCUT2D eigenvalue weighted by molar-refractivity contribution is 5.91. The number of benzene rings is 2. The van der Waals surface area contributed by atoms with Gasteiger partial charge in [-0.2, -0.15) is 0 Å². The van der Waals surface area contributed by atoms with E-state index in [1.54, 1.807) is 12.1 Å². The van der Waals surface area contributed by atoms with E-state index in [1.807, 2.05) is 0 Å². The highest BCUT2D eigenvalue weighted by Crippen LogP contribution is 2.43. The molecule has 24 heavy (non-hydrogen) atoms. The summed E-state index contributed by atoms with van der Waals surface area (Å²) in [5.41, 5.74) is -0.157. The second-order valence-electron chi connectivity index (χ2n) is 4.99. The van der Waals surface area contributed by atoms with Crippen molar-refractivity contribution < 1.29 is 29.2 Å². The Labute approximate surface area is 135 Å². The number of aromatic hydroxyl groups is 3. The van der Waals surface area contributed by atoms with E-state index in [-0.39, 0.29) is 39.7 Å². The maximum absolute atomic E-state index is 12.7. The average Bonchev–Trinajstić information content (AvgIpc) is 2.55. The molecule has 7 nitrogen and oxygen atoms in total. The molecule has 7 heteroatoms. The van der Waals surface area contributed by atoms with Crippen LogP contribution in [0.5, 0.6) is 28.7 Å². The SMILES string of the molecule is COc1c(O)cc2oc(-c3ccc(O)cc3)c(OC)c(=O)c2c1O. The minimum atomic E-state index is -0.613. The lowest BCUT2D eigenvalue weighted by Gasteiger charge is -2.12.